The smallest absolute Gasteiger partial charge is 0.325 e. The first kappa shape index (κ1) is 21.0. The van der Waals surface area contributed by atoms with Crippen LogP contribution in [0.3, 0.4) is 0 Å². The summed E-state index contributed by atoms with van der Waals surface area (Å²) in [5.74, 6) is -1.08. The summed E-state index contributed by atoms with van der Waals surface area (Å²) in [6, 6.07) is 11.4. The quantitative estimate of drug-likeness (QED) is 0.541. The van der Waals surface area contributed by atoms with Gasteiger partial charge < -0.3 is 15.4 Å². The van der Waals surface area contributed by atoms with Crippen molar-refractivity contribution in [3.63, 3.8) is 0 Å². The first-order valence-electron chi connectivity index (χ1n) is 9.26. The van der Waals surface area contributed by atoms with Crippen LogP contribution in [0, 0.1) is 5.82 Å². The molecule has 0 bridgehead atoms. The number of benzene rings is 2. The maximum absolute atomic E-state index is 13.3. The van der Waals surface area contributed by atoms with Crippen LogP contribution in [0.15, 0.2) is 60.7 Å². The van der Waals surface area contributed by atoms with Crippen molar-refractivity contribution in [1.82, 2.24) is 10.2 Å². The number of nitrogens with one attached hydrogen (secondary N) is 2. The fourth-order valence-corrected chi connectivity index (χ4v) is 3.04. The lowest BCUT2D eigenvalue weighted by atomic mass is 9.92. The molecule has 1 unspecified atom stereocenters. The largest absolute Gasteiger partial charge is 0.489 e. The van der Waals surface area contributed by atoms with Crippen LogP contribution >= 0.6 is 0 Å². The Hall–Kier alpha value is -3.68. The van der Waals surface area contributed by atoms with Gasteiger partial charge in [-0.1, -0.05) is 24.8 Å². The molecule has 2 aromatic rings. The third-order valence-corrected chi connectivity index (χ3v) is 4.60. The molecule has 8 heteroatoms. The van der Waals surface area contributed by atoms with Crippen LogP contribution in [0.4, 0.5) is 14.9 Å². The van der Waals surface area contributed by atoms with E-state index in [1.807, 2.05) is 6.92 Å². The highest BCUT2D eigenvalue weighted by Crippen LogP contribution is 2.30. The number of imide groups is 1. The predicted molar refractivity (Wildman–Crippen MR) is 109 cm³/mol. The Morgan fingerprint density at radius 3 is 2.57 bits per heavy atom. The van der Waals surface area contributed by atoms with Gasteiger partial charge in [0.2, 0.25) is 5.91 Å². The Bertz CT molecular complexity index is 1010. The number of amides is 4. The van der Waals surface area contributed by atoms with Crippen LogP contribution < -0.4 is 15.4 Å². The van der Waals surface area contributed by atoms with Gasteiger partial charge in [-0.2, -0.15) is 0 Å². The van der Waals surface area contributed by atoms with Crippen LogP contribution in [0.2, 0.25) is 0 Å². The highest BCUT2D eigenvalue weighted by atomic mass is 19.1. The average molecular weight is 411 g/mol. The first-order chi connectivity index (χ1) is 14.2. The molecule has 1 aliphatic rings. The molecule has 1 saturated heterocycles. The Morgan fingerprint density at radius 1 is 1.23 bits per heavy atom. The Kier molecular flexibility index (Phi) is 5.86. The normalized spacial score (nSPS) is 18.2. The summed E-state index contributed by atoms with van der Waals surface area (Å²) in [6.45, 7) is 7.07. The summed E-state index contributed by atoms with van der Waals surface area (Å²) in [4.78, 5) is 38.4. The van der Waals surface area contributed by atoms with Crippen LogP contribution in [0.5, 0.6) is 5.75 Å². The lowest BCUT2D eigenvalue weighted by Gasteiger charge is -2.22. The van der Waals surface area contributed by atoms with Gasteiger partial charge in [0, 0.05) is 5.69 Å². The fraction of sp³-hybridized carbons (Fsp3) is 0.227. The molecule has 0 radical (unpaired) electrons. The predicted octanol–water partition coefficient (Wildman–Crippen LogP) is 3.19. The zero-order valence-corrected chi connectivity index (χ0v) is 16.7. The number of nitrogens with zero attached hydrogens (tertiary/aromatic N) is 1. The molecule has 1 fully saturated rings. The zero-order valence-electron chi connectivity index (χ0n) is 16.7. The number of anilines is 1. The van der Waals surface area contributed by atoms with E-state index in [0.717, 1.165) is 16.5 Å². The number of rotatable bonds is 7. The lowest BCUT2D eigenvalue weighted by molar-refractivity contribution is -0.133. The van der Waals surface area contributed by atoms with Gasteiger partial charge >= 0.3 is 6.03 Å². The second kappa shape index (κ2) is 8.36. The van der Waals surface area contributed by atoms with Crippen molar-refractivity contribution in [2.24, 2.45) is 0 Å². The van der Waals surface area contributed by atoms with Gasteiger partial charge in [0.05, 0.1) is 0 Å². The van der Waals surface area contributed by atoms with Gasteiger partial charge in [0.25, 0.3) is 5.91 Å². The van der Waals surface area contributed by atoms with Crippen molar-refractivity contribution in [3.8, 4) is 5.75 Å². The number of hydrogen-bond acceptors (Lipinski definition) is 4. The molecule has 0 aliphatic carbocycles. The van der Waals surface area contributed by atoms with Gasteiger partial charge in [-0.25, -0.2) is 9.18 Å². The number of carbonyl (C=O) groups excluding carboxylic acids is 3. The number of ether oxygens (including phenoxy) is 1. The minimum absolute atomic E-state index is 0.236. The van der Waals surface area contributed by atoms with Crippen molar-refractivity contribution >= 4 is 23.5 Å². The summed E-state index contributed by atoms with van der Waals surface area (Å²) in [6.07, 6.45) is 0. The van der Waals surface area contributed by atoms with E-state index in [2.05, 4.69) is 17.2 Å². The highest BCUT2D eigenvalue weighted by molar-refractivity contribution is 6.10. The Balaban J connectivity index is 1.70. The van der Waals surface area contributed by atoms with Crippen molar-refractivity contribution in [2.75, 3.05) is 18.5 Å². The van der Waals surface area contributed by atoms with Crippen LogP contribution in [0.25, 0.3) is 0 Å². The maximum Gasteiger partial charge on any atom is 0.325 e. The molecule has 30 heavy (non-hydrogen) atoms. The SMILES string of the molecule is C=C(C)COc1ccc(C2(C)NC(=O)N(CC(=O)Nc3cccc(F)c3)C2=O)cc1. The molecule has 2 aromatic carbocycles. The number of halogens is 1. The molecule has 3 rings (SSSR count). The van der Waals surface area contributed by atoms with Crippen LogP contribution in [-0.2, 0) is 15.1 Å². The molecule has 7 nitrogen and oxygen atoms in total. The van der Waals surface area contributed by atoms with Crippen molar-refractivity contribution < 1.29 is 23.5 Å². The Morgan fingerprint density at radius 2 is 1.93 bits per heavy atom. The third kappa shape index (κ3) is 4.48. The standard InChI is InChI=1S/C22H22FN3O4/c1-14(2)13-30-18-9-7-15(8-10-18)22(3)20(28)26(21(29)25-22)12-19(27)24-17-6-4-5-16(23)11-17/h4-11H,1,12-13H2,2-3H3,(H,24,27)(H,25,29). The van der Waals surface area contributed by atoms with Gasteiger partial charge in [-0.15, -0.1) is 0 Å². The molecule has 2 N–H and O–H groups in total. The zero-order chi connectivity index (χ0) is 21.9. The number of carbonyl (C=O) groups is 3. The topological polar surface area (TPSA) is 87.7 Å². The second-order valence-corrected chi connectivity index (χ2v) is 7.28. The summed E-state index contributed by atoms with van der Waals surface area (Å²) in [7, 11) is 0. The molecular weight excluding hydrogens is 389 g/mol. The molecule has 0 saturated carbocycles. The minimum Gasteiger partial charge on any atom is -0.489 e. The fourth-order valence-electron chi connectivity index (χ4n) is 3.04. The van der Waals surface area contributed by atoms with E-state index in [4.69, 9.17) is 4.74 Å². The minimum atomic E-state index is -1.32. The van der Waals surface area contributed by atoms with Crippen molar-refractivity contribution in [3.05, 3.63) is 72.1 Å². The second-order valence-electron chi connectivity index (χ2n) is 7.28. The van der Waals surface area contributed by atoms with Crippen molar-refractivity contribution in [1.29, 1.82) is 0 Å². The number of urea groups is 1. The van der Waals surface area contributed by atoms with E-state index in [1.165, 1.54) is 18.2 Å². The monoisotopic (exact) mass is 411 g/mol. The third-order valence-electron chi connectivity index (χ3n) is 4.60. The van der Waals surface area contributed by atoms with E-state index in [1.54, 1.807) is 31.2 Å². The van der Waals surface area contributed by atoms with E-state index in [0.29, 0.717) is 17.9 Å². The molecule has 0 spiro atoms. The van der Waals surface area contributed by atoms with Gasteiger partial charge in [-0.05, 0) is 55.3 Å². The molecule has 156 valence electrons. The summed E-state index contributed by atoms with van der Waals surface area (Å²) in [5, 5.41) is 5.11. The maximum atomic E-state index is 13.3. The molecule has 0 aromatic heterocycles. The van der Waals surface area contributed by atoms with Gasteiger partial charge in [0.1, 0.15) is 30.3 Å². The average Bonchev–Trinajstić information content (AvgIpc) is 2.90. The Labute approximate surface area is 173 Å². The van der Waals surface area contributed by atoms with Crippen molar-refractivity contribution in [2.45, 2.75) is 19.4 Å². The highest BCUT2D eigenvalue weighted by Gasteiger charge is 2.49. The number of hydrogen-bond donors (Lipinski definition) is 2. The van der Waals surface area contributed by atoms with E-state index in [-0.39, 0.29) is 5.69 Å². The lowest BCUT2D eigenvalue weighted by Crippen LogP contribution is -2.42. The summed E-state index contributed by atoms with van der Waals surface area (Å²) >= 11 is 0. The van der Waals surface area contributed by atoms with E-state index >= 15 is 0 Å². The van der Waals surface area contributed by atoms with Gasteiger partial charge in [0.15, 0.2) is 0 Å². The van der Waals surface area contributed by atoms with Crippen LogP contribution in [-0.4, -0.2) is 35.9 Å². The van der Waals surface area contributed by atoms with E-state index in [9.17, 15) is 18.8 Å². The molecule has 1 heterocycles. The van der Waals surface area contributed by atoms with Crippen LogP contribution in [0.1, 0.15) is 19.4 Å². The summed E-state index contributed by atoms with van der Waals surface area (Å²) in [5.41, 5.74) is 0.344. The molecule has 1 aliphatic heterocycles. The molecular formula is C22H22FN3O4. The van der Waals surface area contributed by atoms with E-state index < -0.39 is 35.7 Å². The first-order valence-corrected chi connectivity index (χ1v) is 9.26. The summed E-state index contributed by atoms with van der Waals surface area (Å²) < 4.78 is 18.8. The molecule has 4 amide bonds. The van der Waals surface area contributed by atoms with Gasteiger partial charge in [-0.3, -0.25) is 14.5 Å². The molecule has 1 atom stereocenters.